The van der Waals surface area contributed by atoms with Gasteiger partial charge in [-0.3, -0.25) is 4.90 Å². The number of aryl methyl sites for hydroxylation is 2. The van der Waals surface area contributed by atoms with E-state index in [4.69, 9.17) is 13.9 Å². The van der Waals surface area contributed by atoms with Crippen molar-refractivity contribution in [2.45, 2.75) is 45.6 Å². The van der Waals surface area contributed by atoms with Crippen molar-refractivity contribution in [3.05, 3.63) is 68.6 Å². The monoisotopic (exact) mass is 405 g/mol. The van der Waals surface area contributed by atoms with Gasteiger partial charge in [0.05, 0.1) is 7.11 Å². The van der Waals surface area contributed by atoms with Gasteiger partial charge in [0.1, 0.15) is 23.8 Å². The minimum Gasteiger partial charge on any atom is -0.497 e. The maximum Gasteiger partial charge on any atom is 0.339 e. The van der Waals surface area contributed by atoms with E-state index in [-0.39, 0.29) is 5.63 Å². The zero-order valence-corrected chi connectivity index (χ0v) is 17.6. The van der Waals surface area contributed by atoms with E-state index < -0.39 is 0 Å². The summed E-state index contributed by atoms with van der Waals surface area (Å²) in [5.41, 5.74) is 6.01. The van der Waals surface area contributed by atoms with Gasteiger partial charge < -0.3 is 13.9 Å². The standard InChI is InChI=1S/C25H27NO4/c1-16-23-18(13-22-20-5-3-4-6-21(20)25(27)30-24(16)22)14-26(15-29-23)12-11-17-7-9-19(28-2)10-8-17/h7-10,13H,3-6,11-12,14-15H2,1-2H3. The molecule has 1 aliphatic carbocycles. The van der Waals surface area contributed by atoms with Crippen LogP contribution in [0.5, 0.6) is 11.5 Å². The molecule has 0 spiro atoms. The quantitative estimate of drug-likeness (QED) is 0.603. The number of rotatable bonds is 4. The van der Waals surface area contributed by atoms with Crippen molar-refractivity contribution in [2.75, 3.05) is 20.4 Å². The van der Waals surface area contributed by atoms with Crippen LogP contribution in [0.3, 0.4) is 0 Å². The Morgan fingerprint density at radius 3 is 2.63 bits per heavy atom. The van der Waals surface area contributed by atoms with Gasteiger partial charge in [0.25, 0.3) is 0 Å². The molecule has 5 heteroatoms. The first-order valence-corrected chi connectivity index (χ1v) is 10.7. The second-order valence-corrected chi connectivity index (χ2v) is 8.34. The number of fused-ring (bicyclic) bond motifs is 4. The highest BCUT2D eigenvalue weighted by Crippen LogP contribution is 2.37. The van der Waals surface area contributed by atoms with Gasteiger partial charge in [-0.05, 0) is 68.4 Å². The van der Waals surface area contributed by atoms with E-state index in [9.17, 15) is 4.79 Å². The fourth-order valence-electron chi connectivity index (χ4n) is 4.77. The third kappa shape index (κ3) is 3.37. The van der Waals surface area contributed by atoms with E-state index in [2.05, 4.69) is 23.1 Å². The van der Waals surface area contributed by atoms with Gasteiger partial charge in [-0.15, -0.1) is 0 Å². The van der Waals surface area contributed by atoms with Gasteiger partial charge in [-0.2, -0.15) is 0 Å². The molecule has 30 heavy (non-hydrogen) atoms. The summed E-state index contributed by atoms with van der Waals surface area (Å²) >= 11 is 0. The summed E-state index contributed by atoms with van der Waals surface area (Å²) in [5, 5.41) is 1.10. The average molecular weight is 405 g/mol. The molecule has 0 amide bonds. The fourth-order valence-corrected chi connectivity index (χ4v) is 4.77. The lowest BCUT2D eigenvalue weighted by Gasteiger charge is -2.30. The van der Waals surface area contributed by atoms with E-state index in [1.807, 2.05) is 19.1 Å². The van der Waals surface area contributed by atoms with Gasteiger partial charge in [0.15, 0.2) is 0 Å². The Morgan fingerprint density at radius 2 is 1.87 bits per heavy atom. The Labute approximate surface area is 176 Å². The molecule has 5 rings (SSSR count). The summed E-state index contributed by atoms with van der Waals surface area (Å²) in [4.78, 5) is 14.8. The third-order valence-corrected chi connectivity index (χ3v) is 6.43. The lowest BCUT2D eigenvalue weighted by atomic mass is 9.89. The Morgan fingerprint density at radius 1 is 1.10 bits per heavy atom. The predicted octanol–water partition coefficient (Wildman–Crippen LogP) is 4.38. The van der Waals surface area contributed by atoms with Crippen LogP contribution < -0.4 is 15.1 Å². The van der Waals surface area contributed by atoms with Crippen LogP contribution in [0.1, 0.15) is 40.7 Å². The van der Waals surface area contributed by atoms with Crippen LogP contribution in [0.4, 0.5) is 0 Å². The van der Waals surface area contributed by atoms with Crippen molar-refractivity contribution in [3.8, 4) is 11.5 Å². The van der Waals surface area contributed by atoms with Crippen molar-refractivity contribution in [2.24, 2.45) is 0 Å². The zero-order valence-electron chi connectivity index (χ0n) is 17.6. The molecule has 0 unspecified atom stereocenters. The summed E-state index contributed by atoms with van der Waals surface area (Å²) < 4.78 is 17.1. The van der Waals surface area contributed by atoms with Crippen LogP contribution in [0.15, 0.2) is 39.5 Å². The lowest BCUT2D eigenvalue weighted by Crippen LogP contribution is -2.34. The number of hydrogen-bond acceptors (Lipinski definition) is 5. The molecule has 0 atom stereocenters. The molecule has 3 aromatic rings. The molecule has 2 heterocycles. The third-order valence-electron chi connectivity index (χ3n) is 6.43. The minimum absolute atomic E-state index is 0.169. The fraction of sp³-hybridized carbons (Fsp3) is 0.400. The van der Waals surface area contributed by atoms with Crippen LogP contribution in [-0.2, 0) is 25.8 Å². The molecule has 1 aliphatic heterocycles. The summed E-state index contributed by atoms with van der Waals surface area (Å²) in [6, 6.07) is 10.4. The van der Waals surface area contributed by atoms with E-state index >= 15 is 0 Å². The highest BCUT2D eigenvalue weighted by molar-refractivity contribution is 5.87. The normalized spacial score (nSPS) is 16.1. The second-order valence-electron chi connectivity index (χ2n) is 8.34. The molecular formula is C25H27NO4. The topological polar surface area (TPSA) is 51.9 Å². The van der Waals surface area contributed by atoms with E-state index in [1.54, 1.807) is 7.11 Å². The maximum atomic E-state index is 12.5. The summed E-state index contributed by atoms with van der Waals surface area (Å²) in [6.45, 7) is 4.32. The molecule has 156 valence electrons. The molecule has 0 radical (unpaired) electrons. The van der Waals surface area contributed by atoms with Gasteiger partial charge in [0, 0.05) is 35.2 Å². The molecule has 0 bridgehead atoms. The number of nitrogens with zero attached hydrogens (tertiary/aromatic N) is 1. The minimum atomic E-state index is -0.169. The number of benzene rings is 2. The molecule has 1 aromatic heterocycles. The molecule has 0 saturated carbocycles. The van der Waals surface area contributed by atoms with Crippen molar-refractivity contribution in [3.63, 3.8) is 0 Å². The Kier molecular flexibility index (Phi) is 4.99. The average Bonchev–Trinajstić information content (AvgIpc) is 2.79. The number of ether oxygens (including phenoxy) is 2. The first-order chi connectivity index (χ1) is 14.6. The first-order valence-electron chi connectivity index (χ1n) is 10.7. The SMILES string of the molecule is COc1ccc(CCN2COc3c(cc4c5c(c(=O)oc4c3C)CCCC5)C2)cc1. The molecule has 2 aromatic carbocycles. The van der Waals surface area contributed by atoms with Crippen LogP contribution in [0.25, 0.3) is 11.0 Å². The van der Waals surface area contributed by atoms with Crippen molar-refractivity contribution >= 4 is 11.0 Å². The highest BCUT2D eigenvalue weighted by atomic mass is 16.5. The Hall–Kier alpha value is -2.79. The second kappa shape index (κ2) is 7.80. The van der Waals surface area contributed by atoms with Crippen LogP contribution in [0.2, 0.25) is 0 Å². The van der Waals surface area contributed by atoms with Gasteiger partial charge >= 0.3 is 5.63 Å². The van der Waals surface area contributed by atoms with E-state index in [0.29, 0.717) is 12.3 Å². The number of hydrogen-bond donors (Lipinski definition) is 0. The smallest absolute Gasteiger partial charge is 0.339 e. The van der Waals surface area contributed by atoms with E-state index in [0.717, 1.165) is 73.2 Å². The lowest BCUT2D eigenvalue weighted by molar-refractivity contribution is 0.0959. The molecule has 5 nitrogen and oxygen atoms in total. The van der Waals surface area contributed by atoms with Gasteiger partial charge in [0.2, 0.25) is 0 Å². The van der Waals surface area contributed by atoms with E-state index in [1.165, 1.54) is 16.7 Å². The van der Waals surface area contributed by atoms with Crippen molar-refractivity contribution in [1.29, 1.82) is 0 Å². The van der Waals surface area contributed by atoms with Crippen LogP contribution in [0, 0.1) is 6.92 Å². The van der Waals surface area contributed by atoms with Gasteiger partial charge in [-0.1, -0.05) is 12.1 Å². The Balaban J connectivity index is 1.42. The summed E-state index contributed by atoms with van der Waals surface area (Å²) in [7, 11) is 1.69. The molecule has 2 aliphatic rings. The number of methoxy groups -OCH3 is 1. The van der Waals surface area contributed by atoms with Crippen LogP contribution in [-0.4, -0.2) is 25.3 Å². The van der Waals surface area contributed by atoms with Crippen LogP contribution >= 0.6 is 0 Å². The summed E-state index contributed by atoms with van der Waals surface area (Å²) in [5.74, 6) is 1.76. The van der Waals surface area contributed by atoms with Crippen molar-refractivity contribution in [1.82, 2.24) is 4.90 Å². The first kappa shape index (κ1) is 19.2. The molecule has 0 fully saturated rings. The highest BCUT2D eigenvalue weighted by Gasteiger charge is 2.25. The largest absolute Gasteiger partial charge is 0.497 e. The molecule has 0 saturated heterocycles. The predicted molar refractivity (Wildman–Crippen MR) is 116 cm³/mol. The molecular weight excluding hydrogens is 378 g/mol. The maximum absolute atomic E-state index is 12.5. The zero-order chi connectivity index (χ0) is 20.7. The summed E-state index contributed by atoms with van der Waals surface area (Å²) in [6.07, 6.45) is 4.94. The van der Waals surface area contributed by atoms with Crippen molar-refractivity contribution < 1.29 is 13.9 Å². The molecule has 0 N–H and O–H groups in total. The van der Waals surface area contributed by atoms with Gasteiger partial charge in [-0.25, -0.2) is 4.79 Å². The Bertz CT molecular complexity index is 1150.